The molecular weight excluding hydrogens is 262 g/mol. The second-order valence-electron chi connectivity index (χ2n) is 6.64. The molecular formula is C17H21N3O. The zero-order chi connectivity index (χ0) is 14.3. The minimum atomic E-state index is 0.137. The Morgan fingerprint density at radius 3 is 2.71 bits per heavy atom. The van der Waals surface area contributed by atoms with Gasteiger partial charge in [-0.2, -0.15) is 0 Å². The summed E-state index contributed by atoms with van der Waals surface area (Å²) in [5.41, 5.74) is 2.11. The number of fused-ring (bicyclic) bond motifs is 1. The minimum Gasteiger partial charge on any atom is -0.346 e. The molecule has 2 aromatic heterocycles. The lowest BCUT2D eigenvalue weighted by Gasteiger charge is -2.39. The molecule has 1 saturated heterocycles. The summed E-state index contributed by atoms with van der Waals surface area (Å²) in [6.45, 7) is 1.81. The summed E-state index contributed by atoms with van der Waals surface area (Å²) in [5, 5.41) is 1.00. The number of hydrogen-bond donors (Lipinski definition) is 1. The van der Waals surface area contributed by atoms with E-state index in [1.807, 2.05) is 23.2 Å². The van der Waals surface area contributed by atoms with Gasteiger partial charge in [-0.1, -0.05) is 12.8 Å². The lowest BCUT2D eigenvalue weighted by atomic mass is 9.77. The van der Waals surface area contributed by atoms with Crippen LogP contribution >= 0.6 is 0 Å². The van der Waals surface area contributed by atoms with Crippen LogP contribution in [0.5, 0.6) is 0 Å². The fourth-order valence-corrected chi connectivity index (χ4v) is 4.05. The Balaban J connectivity index is 1.50. The third-order valence-electron chi connectivity index (χ3n) is 5.42. The van der Waals surface area contributed by atoms with E-state index in [2.05, 4.69) is 9.97 Å². The Morgan fingerprint density at radius 2 is 1.95 bits per heavy atom. The first-order valence-corrected chi connectivity index (χ1v) is 7.98. The standard InChI is InChI=1S/C17H21N3O/c21-16(14-11-13-3-8-18-15(13)19-12-14)20-9-6-17(7-10-20)4-1-2-5-17/h3,8,11-12H,1-2,4-7,9-10H2,(H,18,19). The number of aromatic amines is 1. The lowest BCUT2D eigenvalue weighted by Crippen LogP contribution is -2.42. The first-order chi connectivity index (χ1) is 10.3. The molecule has 0 aromatic carbocycles. The van der Waals surface area contributed by atoms with Crippen molar-refractivity contribution in [3.8, 4) is 0 Å². The number of H-pyrrole nitrogens is 1. The number of piperidine rings is 1. The molecule has 1 amide bonds. The van der Waals surface area contributed by atoms with Crippen molar-refractivity contribution in [1.82, 2.24) is 14.9 Å². The van der Waals surface area contributed by atoms with Gasteiger partial charge in [0.2, 0.25) is 0 Å². The normalized spacial score (nSPS) is 21.2. The highest BCUT2D eigenvalue weighted by Crippen LogP contribution is 2.46. The largest absolute Gasteiger partial charge is 0.346 e. The maximum atomic E-state index is 12.6. The molecule has 0 radical (unpaired) electrons. The van der Waals surface area contributed by atoms with Crippen molar-refractivity contribution in [1.29, 1.82) is 0 Å². The van der Waals surface area contributed by atoms with Gasteiger partial charge >= 0.3 is 0 Å². The van der Waals surface area contributed by atoms with Crippen molar-refractivity contribution in [2.45, 2.75) is 38.5 Å². The van der Waals surface area contributed by atoms with E-state index in [-0.39, 0.29) is 5.91 Å². The summed E-state index contributed by atoms with van der Waals surface area (Å²) < 4.78 is 0. The van der Waals surface area contributed by atoms with Gasteiger partial charge in [-0.15, -0.1) is 0 Å². The van der Waals surface area contributed by atoms with Crippen LogP contribution in [0.2, 0.25) is 0 Å². The van der Waals surface area contributed by atoms with Gasteiger partial charge in [0.1, 0.15) is 5.65 Å². The van der Waals surface area contributed by atoms with E-state index in [0.29, 0.717) is 11.0 Å². The Labute approximate surface area is 124 Å². The zero-order valence-electron chi connectivity index (χ0n) is 12.3. The van der Waals surface area contributed by atoms with Gasteiger partial charge in [0.25, 0.3) is 5.91 Å². The smallest absolute Gasteiger partial charge is 0.255 e. The van der Waals surface area contributed by atoms with Crippen molar-refractivity contribution < 1.29 is 4.79 Å². The maximum Gasteiger partial charge on any atom is 0.255 e. The van der Waals surface area contributed by atoms with Crippen LogP contribution in [-0.2, 0) is 0 Å². The molecule has 21 heavy (non-hydrogen) atoms. The van der Waals surface area contributed by atoms with Crippen LogP contribution < -0.4 is 0 Å². The molecule has 0 unspecified atom stereocenters. The molecule has 4 heteroatoms. The van der Waals surface area contributed by atoms with E-state index in [1.54, 1.807) is 6.20 Å². The molecule has 4 nitrogen and oxygen atoms in total. The van der Waals surface area contributed by atoms with Crippen LogP contribution in [0.25, 0.3) is 11.0 Å². The van der Waals surface area contributed by atoms with Crippen LogP contribution in [0.1, 0.15) is 48.9 Å². The number of carbonyl (C=O) groups is 1. The summed E-state index contributed by atoms with van der Waals surface area (Å²) >= 11 is 0. The first kappa shape index (κ1) is 12.9. The van der Waals surface area contributed by atoms with E-state index >= 15 is 0 Å². The number of nitrogens with zero attached hydrogens (tertiary/aromatic N) is 2. The van der Waals surface area contributed by atoms with E-state index in [1.165, 1.54) is 38.5 Å². The van der Waals surface area contributed by atoms with E-state index in [9.17, 15) is 4.79 Å². The van der Waals surface area contributed by atoms with E-state index in [4.69, 9.17) is 0 Å². The average molecular weight is 283 g/mol. The third-order valence-corrected chi connectivity index (χ3v) is 5.42. The summed E-state index contributed by atoms with van der Waals surface area (Å²) in [6.07, 6.45) is 11.4. The van der Waals surface area contributed by atoms with Crippen molar-refractivity contribution in [3.05, 3.63) is 30.1 Å². The molecule has 2 aliphatic rings. The number of amides is 1. The quantitative estimate of drug-likeness (QED) is 0.872. The van der Waals surface area contributed by atoms with Crippen molar-refractivity contribution >= 4 is 16.9 Å². The molecule has 1 aliphatic heterocycles. The second-order valence-corrected chi connectivity index (χ2v) is 6.64. The summed E-state index contributed by atoms with van der Waals surface area (Å²) in [4.78, 5) is 22.0. The Bertz CT molecular complexity index is 659. The van der Waals surface area contributed by atoms with Crippen LogP contribution in [0.4, 0.5) is 0 Å². The van der Waals surface area contributed by atoms with Crippen molar-refractivity contribution in [3.63, 3.8) is 0 Å². The lowest BCUT2D eigenvalue weighted by molar-refractivity contribution is 0.0587. The van der Waals surface area contributed by atoms with Gasteiger partial charge in [-0.05, 0) is 43.2 Å². The predicted octanol–water partition coefficient (Wildman–Crippen LogP) is 3.36. The van der Waals surface area contributed by atoms with Gasteiger partial charge in [0.05, 0.1) is 5.56 Å². The fraction of sp³-hybridized carbons (Fsp3) is 0.529. The SMILES string of the molecule is O=C(c1cnc2[nH]ccc2c1)N1CCC2(CCCC2)CC1. The summed E-state index contributed by atoms with van der Waals surface area (Å²) in [5.74, 6) is 0.137. The van der Waals surface area contributed by atoms with Gasteiger partial charge in [0.15, 0.2) is 0 Å². The van der Waals surface area contributed by atoms with Crippen molar-refractivity contribution in [2.75, 3.05) is 13.1 Å². The Kier molecular flexibility index (Phi) is 2.98. The topological polar surface area (TPSA) is 49.0 Å². The maximum absolute atomic E-state index is 12.6. The number of pyridine rings is 1. The molecule has 2 fully saturated rings. The molecule has 110 valence electrons. The summed E-state index contributed by atoms with van der Waals surface area (Å²) in [7, 11) is 0. The number of likely N-dealkylation sites (tertiary alicyclic amines) is 1. The monoisotopic (exact) mass is 283 g/mol. The Morgan fingerprint density at radius 1 is 1.19 bits per heavy atom. The molecule has 1 spiro atoms. The fourth-order valence-electron chi connectivity index (χ4n) is 4.05. The number of rotatable bonds is 1. The number of nitrogens with one attached hydrogen (secondary N) is 1. The van der Waals surface area contributed by atoms with E-state index in [0.717, 1.165) is 24.1 Å². The highest BCUT2D eigenvalue weighted by atomic mass is 16.2. The number of aromatic nitrogens is 2. The van der Waals surface area contributed by atoms with E-state index < -0.39 is 0 Å². The third kappa shape index (κ3) is 2.23. The molecule has 1 saturated carbocycles. The highest BCUT2D eigenvalue weighted by Gasteiger charge is 2.38. The van der Waals surface area contributed by atoms with Crippen LogP contribution in [-0.4, -0.2) is 33.9 Å². The molecule has 4 rings (SSSR count). The molecule has 0 atom stereocenters. The van der Waals surface area contributed by atoms with Crippen LogP contribution in [0, 0.1) is 5.41 Å². The van der Waals surface area contributed by atoms with Crippen molar-refractivity contribution in [2.24, 2.45) is 5.41 Å². The predicted molar refractivity (Wildman–Crippen MR) is 82.1 cm³/mol. The average Bonchev–Trinajstić information content (AvgIpc) is 3.16. The number of hydrogen-bond acceptors (Lipinski definition) is 2. The highest BCUT2D eigenvalue weighted by molar-refractivity contribution is 5.97. The molecule has 0 bridgehead atoms. The number of carbonyl (C=O) groups excluding carboxylic acids is 1. The summed E-state index contributed by atoms with van der Waals surface area (Å²) in [6, 6.07) is 3.91. The first-order valence-electron chi connectivity index (χ1n) is 7.98. The van der Waals surface area contributed by atoms with Crippen LogP contribution in [0.15, 0.2) is 24.5 Å². The molecule has 3 heterocycles. The molecule has 1 N–H and O–H groups in total. The minimum absolute atomic E-state index is 0.137. The van der Waals surface area contributed by atoms with Gasteiger partial charge in [-0.25, -0.2) is 4.98 Å². The van der Waals surface area contributed by atoms with Gasteiger partial charge < -0.3 is 9.88 Å². The Hall–Kier alpha value is -1.84. The zero-order valence-corrected chi connectivity index (χ0v) is 12.3. The van der Waals surface area contributed by atoms with Crippen LogP contribution in [0.3, 0.4) is 0 Å². The second kappa shape index (κ2) is 4.86. The molecule has 1 aliphatic carbocycles. The van der Waals surface area contributed by atoms with Gasteiger partial charge in [-0.3, -0.25) is 4.79 Å². The molecule has 2 aromatic rings. The van der Waals surface area contributed by atoms with Gasteiger partial charge in [0, 0.05) is 30.9 Å².